The van der Waals surface area contributed by atoms with Gasteiger partial charge in [0.1, 0.15) is 18.3 Å². The number of imidazole rings is 1. The van der Waals surface area contributed by atoms with Crippen LogP contribution in [0, 0.1) is 0 Å². The standard InChI is InChI=1S/C29H28ClN3O5/c30-21-13-22-28(33-29(31-22)38-24-15-37-26-23(34)14-36-27(24)26)32-25(21)20-7-5-17(6-8-20)16-1-3-18(4-2-16)19-9-11-35-12-10-19/h1-8,13,19,23-24,26-27,34H,9-12,14-15H2,(H,31,32,33)/t23-,24-,26-,27-/m1/s1. The molecule has 0 spiro atoms. The number of hydrogen-bond donors (Lipinski definition) is 2. The lowest BCUT2D eigenvalue weighted by Gasteiger charge is -2.22. The molecule has 38 heavy (non-hydrogen) atoms. The average molecular weight is 534 g/mol. The van der Waals surface area contributed by atoms with Crippen LogP contribution < -0.4 is 4.74 Å². The Morgan fingerprint density at radius 1 is 0.868 bits per heavy atom. The lowest BCUT2D eigenvalue weighted by Crippen LogP contribution is -2.34. The average Bonchev–Trinajstić information content (AvgIpc) is 3.65. The predicted octanol–water partition coefficient (Wildman–Crippen LogP) is 4.75. The minimum Gasteiger partial charge on any atom is -0.456 e. The molecule has 7 rings (SSSR count). The third-order valence-corrected chi connectivity index (χ3v) is 8.03. The Morgan fingerprint density at radius 2 is 1.55 bits per heavy atom. The number of aromatic amines is 1. The highest BCUT2D eigenvalue weighted by Crippen LogP contribution is 2.34. The molecule has 196 valence electrons. The number of nitrogens with one attached hydrogen (secondary N) is 1. The zero-order valence-electron chi connectivity index (χ0n) is 20.7. The van der Waals surface area contributed by atoms with E-state index in [4.69, 9.17) is 35.5 Å². The van der Waals surface area contributed by atoms with Gasteiger partial charge in [-0.05, 0) is 41.5 Å². The number of rotatable bonds is 5. The summed E-state index contributed by atoms with van der Waals surface area (Å²) in [4.78, 5) is 12.4. The Labute approximate surface area is 224 Å². The van der Waals surface area contributed by atoms with Crippen LogP contribution in [0.2, 0.25) is 5.02 Å². The van der Waals surface area contributed by atoms with Crippen LogP contribution >= 0.6 is 11.6 Å². The van der Waals surface area contributed by atoms with Crippen molar-refractivity contribution in [3.63, 3.8) is 0 Å². The van der Waals surface area contributed by atoms with Crippen LogP contribution in [0.3, 0.4) is 0 Å². The van der Waals surface area contributed by atoms with Gasteiger partial charge in [-0.2, -0.15) is 4.98 Å². The van der Waals surface area contributed by atoms with Crippen LogP contribution in [-0.2, 0) is 14.2 Å². The quantitative estimate of drug-likeness (QED) is 0.382. The fraction of sp³-hybridized carbons (Fsp3) is 0.379. The van der Waals surface area contributed by atoms with Crippen molar-refractivity contribution < 1.29 is 24.1 Å². The van der Waals surface area contributed by atoms with E-state index in [-0.39, 0.29) is 24.9 Å². The second kappa shape index (κ2) is 9.94. The molecule has 3 aliphatic rings. The highest BCUT2D eigenvalue weighted by atomic mass is 35.5. The molecule has 9 heteroatoms. The largest absolute Gasteiger partial charge is 0.456 e. The van der Waals surface area contributed by atoms with Crippen molar-refractivity contribution in [1.29, 1.82) is 0 Å². The van der Waals surface area contributed by atoms with E-state index >= 15 is 0 Å². The molecular weight excluding hydrogens is 506 g/mol. The van der Waals surface area contributed by atoms with Gasteiger partial charge >= 0.3 is 0 Å². The van der Waals surface area contributed by atoms with Crippen LogP contribution in [0.15, 0.2) is 54.6 Å². The van der Waals surface area contributed by atoms with E-state index < -0.39 is 6.10 Å². The van der Waals surface area contributed by atoms with Gasteiger partial charge in [-0.15, -0.1) is 0 Å². The summed E-state index contributed by atoms with van der Waals surface area (Å²) in [5, 5.41) is 10.5. The molecule has 0 unspecified atom stereocenters. The fourth-order valence-electron chi connectivity index (χ4n) is 5.64. The number of H-pyrrole nitrogens is 1. The van der Waals surface area contributed by atoms with Gasteiger partial charge in [0.2, 0.25) is 0 Å². The Balaban J connectivity index is 1.09. The fourth-order valence-corrected chi connectivity index (χ4v) is 5.90. The molecule has 0 bridgehead atoms. The summed E-state index contributed by atoms with van der Waals surface area (Å²) in [6, 6.07) is 19.2. The molecule has 0 radical (unpaired) electrons. The van der Waals surface area contributed by atoms with Crippen LogP contribution in [-0.4, -0.2) is 70.9 Å². The topological polar surface area (TPSA) is 98.7 Å². The number of aliphatic hydroxyl groups is 1. The maximum atomic E-state index is 9.95. The number of nitrogens with zero attached hydrogens (tertiary/aromatic N) is 2. The minimum atomic E-state index is -0.629. The van der Waals surface area contributed by atoms with Gasteiger partial charge in [0.15, 0.2) is 11.8 Å². The SMILES string of the molecule is O[C@@H]1CO[C@H]2[C@@H]1OC[C@H]2Oc1nc2nc(-c3ccc(-c4ccc(C5CCOCC5)cc4)cc3)c(Cl)cc2[nH]1. The molecule has 8 nitrogen and oxygen atoms in total. The number of hydrogen-bond acceptors (Lipinski definition) is 7. The first-order valence-corrected chi connectivity index (χ1v) is 13.4. The van der Waals surface area contributed by atoms with Gasteiger partial charge < -0.3 is 29.0 Å². The lowest BCUT2D eigenvalue weighted by atomic mass is 9.90. The number of aliphatic hydroxyl groups excluding tert-OH is 1. The summed E-state index contributed by atoms with van der Waals surface area (Å²) in [5.74, 6) is 0.587. The zero-order valence-corrected chi connectivity index (χ0v) is 21.4. The van der Waals surface area contributed by atoms with E-state index in [1.54, 1.807) is 0 Å². The molecule has 2 aromatic heterocycles. The van der Waals surface area contributed by atoms with E-state index in [9.17, 15) is 5.11 Å². The van der Waals surface area contributed by atoms with Crippen LogP contribution in [0.4, 0.5) is 0 Å². The summed E-state index contributed by atoms with van der Waals surface area (Å²) < 4.78 is 22.8. The van der Waals surface area contributed by atoms with Crippen molar-refractivity contribution in [1.82, 2.24) is 15.0 Å². The van der Waals surface area contributed by atoms with Crippen LogP contribution in [0.1, 0.15) is 24.3 Å². The van der Waals surface area contributed by atoms with Crippen LogP contribution in [0.25, 0.3) is 33.5 Å². The smallest absolute Gasteiger partial charge is 0.296 e. The van der Waals surface area contributed by atoms with Gasteiger partial charge in [0.25, 0.3) is 6.01 Å². The molecule has 2 N–H and O–H groups in total. The molecule has 4 atom stereocenters. The number of halogens is 1. The van der Waals surface area contributed by atoms with Gasteiger partial charge in [-0.25, -0.2) is 4.98 Å². The summed E-state index contributed by atoms with van der Waals surface area (Å²) >= 11 is 6.63. The third kappa shape index (κ3) is 4.46. The molecule has 0 saturated carbocycles. The maximum absolute atomic E-state index is 9.95. The van der Waals surface area contributed by atoms with Crippen molar-refractivity contribution in [3.05, 3.63) is 65.2 Å². The van der Waals surface area contributed by atoms with Crippen molar-refractivity contribution in [3.8, 4) is 28.4 Å². The molecule has 2 aromatic carbocycles. The molecule has 4 aromatic rings. The number of benzene rings is 2. The van der Waals surface area contributed by atoms with Crippen molar-refractivity contribution >= 4 is 22.8 Å². The van der Waals surface area contributed by atoms with Gasteiger partial charge in [-0.1, -0.05) is 60.1 Å². The van der Waals surface area contributed by atoms with Gasteiger partial charge in [-0.3, -0.25) is 0 Å². The number of pyridine rings is 1. The molecule has 0 amide bonds. The van der Waals surface area contributed by atoms with Crippen LogP contribution in [0.5, 0.6) is 6.01 Å². The van der Waals surface area contributed by atoms with E-state index in [0.717, 1.165) is 37.2 Å². The third-order valence-electron chi connectivity index (χ3n) is 7.74. The Kier molecular flexibility index (Phi) is 6.30. The normalized spacial score (nSPS) is 25.6. The maximum Gasteiger partial charge on any atom is 0.296 e. The monoisotopic (exact) mass is 533 g/mol. The Bertz CT molecular complexity index is 1440. The molecular formula is C29H28ClN3O5. The van der Waals surface area contributed by atoms with Gasteiger partial charge in [0, 0.05) is 18.8 Å². The van der Waals surface area contributed by atoms with Gasteiger partial charge in [0.05, 0.1) is 29.4 Å². The first-order valence-electron chi connectivity index (χ1n) is 13.0. The number of fused-ring (bicyclic) bond motifs is 2. The summed E-state index contributed by atoms with van der Waals surface area (Å²) in [6.07, 6.45) is 0.508. The van der Waals surface area contributed by atoms with Crippen molar-refractivity contribution in [2.24, 2.45) is 0 Å². The van der Waals surface area contributed by atoms with E-state index in [1.165, 1.54) is 11.1 Å². The first kappa shape index (κ1) is 24.1. The lowest BCUT2D eigenvalue weighted by molar-refractivity contribution is 0.00706. The zero-order chi connectivity index (χ0) is 25.6. The second-order valence-corrected chi connectivity index (χ2v) is 10.5. The summed E-state index contributed by atoms with van der Waals surface area (Å²) in [7, 11) is 0. The van der Waals surface area contributed by atoms with E-state index in [1.807, 2.05) is 18.2 Å². The molecule has 0 aliphatic carbocycles. The highest BCUT2D eigenvalue weighted by Gasteiger charge is 2.48. The second-order valence-electron chi connectivity index (χ2n) is 10.1. The van der Waals surface area contributed by atoms with Crippen molar-refractivity contribution in [2.45, 2.75) is 43.2 Å². The number of ether oxygens (including phenoxy) is 4. The summed E-state index contributed by atoms with van der Waals surface area (Å²) in [6.45, 7) is 2.27. The molecule has 5 heterocycles. The first-order chi connectivity index (χ1) is 18.6. The molecule has 3 saturated heterocycles. The van der Waals surface area contributed by atoms with E-state index in [2.05, 4.69) is 46.4 Å². The van der Waals surface area contributed by atoms with Crippen molar-refractivity contribution in [2.75, 3.05) is 26.4 Å². The minimum absolute atomic E-state index is 0.246. The highest BCUT2D eigenvalue weighted by molar-refractivity contribution is 6.33. The summed E-state index contributed by atoms with van der Waals surface area (Å²) in [5.41, 5.74) is 6.45. The number of aromatic nitrogens is 3. The molecule has 3 fully saturated rings. The molecule has 3 aliphatic heterocycles. The predicted molar refractivity (Wildman–Crippen MR) is 142 cm³/mol. The Morgan fingerprint density at radius 3 is 2.32 bits per heavy atom. The Hall–Kier alpha value is -3.01. The van der Waals surface area contributed by atoms with E-state index in [0.29, 0.717) is 40.4 Å².